The van der Waals surface area contributed by atoms with Gasteiger partial charge in [0.25, 0.3) is 0 Å². The van der Waals surface area contributed by atoms with Crippen LogP contribution in [0.5, 0.6) is 11.5 Å². The minimum Gasteiger partial charge on any atom is -0.493 e. The van der Waals surface area contributed by atoms with Gasteiger partial charge < -0.3 is 14.8 Å². The summed E-state index contributed by atoms with van der Waals surface area (Å²) in [7, 11) is 3.19. The summed E-state index contributed by atoms with van der Waals surface area (Å²) >= 11 is 4.68. The number of benzene rings is 1. The molecule has 1 aromatic carbocycles. The third-order valence-electron chi connectivity index (χ3n) is 3.38. The Labute approximate surface area is 166 Å². The Morgan fingerprint density at radius 3 is 2.58 bits per heavy atom. The van der Waals surface area contributed by atoms with Crippen molar-refractivity contribution in [1.29, 1.82) is 0 Å². The summed E-state index contributed by atoms with van der Waals surface area (Å²) in [6, 6.07) is 5.59. The van der Waals surface area contributed by atoms with Gasteiger partial charge in [0.2, 0.25) is 5.91 Å². The number of thioether (sulfide) groups is 2. The summed E-state index contributed by atoms with van der Waals surface area (Å²) in [6.45, 7) is 2.61. The molecule has 9 heteroatoms. The molecule has 0 fully saturated rings. The number of rotatable bonds is 11. The molecule has 0 aliphatic heterocycles. The van der Waals surface area contributed by atoms with Crippen molar-refractivity contribution in [3.8, 4) is 11.5 Å². The van der Waals surface area contributed by atoms with Gasteiger partial charge in [-0.2, -0.15) is 0 Å². The number of hydrogen-bond acceptors (Lipinski definition) is 8. The monoisotopic (exact) mass is 413 g/mol. The molecule has 0 aliphatic carbocycles. The maximum absolute atomic E-state index is 12.0. The Morgan fingerprint density at radius 1 is 1.15 bits per heavy atom. The predicted octanol–water partition coefficient (Wildman–Crippen LogP) is 3.86. The molecular weight excluding hydrogens is 390 g/mol. The number of unbranched alkanes of at least 4 members (excludes halogenated alkanes) is 1. The highest BCUT2D eigenvalue weighted by Gasteiger charge is 2.09. The van der Waals surface area contributed by atoms with E-state index >= 15 is 0 Å². The van der Waals surface area contributed by atoms with Crippen molar-refractivity contribution in [2.45, 2.75) is 35.0 Å². The lowest BCUT2D eigenvalue weighted by Crippen LogP contribution is -2.24. The molecular formula is C17H23N3O3S3. The Bertz CT molecular complexity index is 710. The van der Waals surface area contributed by atoms with E-state index in [0.717, 1.165) is 20.0 Å². The van der Waals surface area contributed by atoms with Crippen molar-refractivity contribution in [3.63, 3.8) is 0 Å². The van der Waals surface area contributed by atoms with E-state index in [1.54, 1.807) is 37.3 Å². The molecule has 142 valence electrons. The van der Waals surface area contributed by atoms with E-state index in [1.807, 2.05) is 18.2 Å². The Balaban J connectivity index is 1.75. The van der Waals surface area contributed by atoms with Crippen LogP contribution in [0.4, 0.5) is 0 Å². The van der Waals surface area contributed by atoms with Crippen LogP contribution in [0, 0.1) is 0 Å². The first-order chi connectivity index (χ1) is 12.7. The van der Waals surface area contributed by atoms with Crippen LogP contribution in [-0.4, -0.2) is 41.8 Å². The van der Waals surface area contributed by atoms with Crippen LogP contribution in [0.15, 0.2) is 26.9 Å². The van der Waals surface area contributed by atoms with E-state index in [2.05, 4.69) is 22.4 Å². The standard InChI is InChI=1S/C17H23N3O3S3/c1-4-5-8-24-16-19-20-17(26-16)25-11-15(21)18-10-12-6-7-13(22-2)14(9-12)23-3/h6-7,9H,4-5,8,10-11H2,1-3H3,(H,18,21). The smallest absolute Gasteiger partial charge is 0.230 e. The van der Waals surface area contributed by atoms with Crippen molar-refractivity contribution >= 4 is 40.8 Å². The number of ether oxygens (including phenoxy) is 2. The number of methoxy groups -OCH3 is 2. The highest BCUT2D eigenvalue weighted by Crippen LogP contribution is 2.29. The highest BCUT2D eigenvalue weighted by atomic mass is 32.2. The van der Waals surface area contributed by atoms with Gasteiger partial charge in [-0.25, -0.2) is 0 Å². The molecule has 0 radical (unpaired) electrons. The summed E-state index contributed by atoms with van der Waals surface area (Å²) < 4.78 is 12.3. The van der Waals surface area contributed by atoms with Gasteiger partial charge in [0.05, 0.1) is 20.0 Å². The summed E-state index contributed by atoms with van der Waals surface area (Å²) in [5.41, 5.74) is 0.950. The molecule has 1 heterocycles. The van der Waals surface area contributed by atoms with Crippen LogP contribution < -0.4 is 14.8 Å². The van der Waals surface area contributed by atoms with Gasteiger partial charge in [-0.3, -0.25) is 4.79 Å². The second kappa shape index (κ2) is 11.3. The third kappa shape index (κ3) is 6.69. The zero-order valence-electron chi connectivity index (χ0n) is 15.1. The molecule has 0 aliphatic rings. The molecule has 2 rings (SSSR count). The van der Waals surface area contributed by atoms with Gasteiger partial charge in [-0.05, 0) is 24.1 Å². The quantitative estimate of drug-likeness (QED) is 0.443. The zero-order chi connectivity index (χ0) is 18.8. The van der Waals surface area contributed by atoms with E-state index in [0.29, 0.717) is 23.8 Å². The van der Waals surface area contributed by atoms with E-state index in [1.165, 1.54) is 24.6 Å². The molecule has 0 bridgehead atoms. The number of aromatic nitrogens is 2. The number of nitrogens with zero attached hydrogens (tertiary/aromatic N) is 2. The van der Waals surface area contributed by atoms with E-state index in [9.17, 15) is 4.79 Å². The van der Waals surface area contributed by atoms with Crippen LogP contribution in [0.3, 0.4) is 0 Å². The zero-order valence-corrected chi connectivity index (χ0v) is 17.6. The molecule has 0 unspecified atom stereocenters. The van der Waals surface area contributed by atoms with Crippen LogP contribution in [0.1, 0.15) is 25.3 Å². The van der Waals surface area contributed by atoms with Gasteiger partial charge in [-0.15, -0.1) is 10.2 Å². The third-order valence-corrected chi connectivity index (χ3v) is 6.65. The molecule has 0 atom stereocenters. The largest absolute Gasteiger partial charge is 0.493 e. The van der Waals surface area contributed by atoms with E-state index in [-0.39, 0.29) is 5.91 Å². The van der Waals surface area contributed by atoms with Gasteiger partial charge in [0.15, 0.2) is 20.2 Å². The fourth-order valence-electron chi connectivity index (χ4n) is 1.99. The number of amides is 1. The van der Waals surface area contributed by atoms with Crippen molar-refractivity contribution in [3.05, 3.63) is 23.8 Å². The first-order valence-corrected chi connectivity index (χ1v) is 11.0. The normalized spacial score (nSPS) is 10.6. The summed E-state index contributed by atoms with van der Waals surface area (Å²) in [4.78, 5) is 12.0. The molecule has 1 aromatic heterocycles. The van der Waals surface area contributed by atoms with Crippen molar-refractivity contribution < 1.29 is 14.3 Å². The molecule has 0 saturated carbocycles. The molecule has 0 spiro atoms. The van der Waals surface area contributed by atoms with Gasteiger partial charge >= 0.3 is 0 Å². The number of carbonyl (C=O) groups is 1. The molecule has 26 heavy (non-hydrogen) atoms. The lowest BCUT2D eigenvalue weighted by molar-refractivity contribution is -0.118. The van der Waals surface area contributed by atoms with Gasteiger partial charge in [0, 0.05) is 12.3 Å². The Hall–Kier alpha value is -1.45. The predicted molar refractivity (Wildman–Crippen MR) is 108 cm³/mol. The first kappa shape index (κ1) is 20.9. The SMILES string of the molecule is CCCCSc1nnc(SCC(=O)NCc2ccc(OC)c(OC)c2)s1. The van der Waals surface area contributed by atoms with E-state index in [4.69, 9.17) is 9.47 Å². The maximum atomic E-state index is 12.0. The fourth-order valence-corrected chi connectivity index (χ4v) is 4.99. The van der Waals surface area contributed by atoms with Crippen molar-refractivity contribution in [1.82, 2.24) is 15.5 Å². The van der Waals surface area contributed by atoms with E-state index < -0.39 is 0 Å². The Kier molecular flexibility index (Phi) is 9.07. The molecule has 2 aromatic rings. The lowest BCUT2D eigenvalue weighted by Gasteiger charge is -2.10. The minimum atomic E-state index is -0.0415. The van der Waals surface area contributed by atoms with Crippen molar-refractivity contribution in [2.75, 3.05) is 25.7 Å². The van der Waals surface area contributed by atoms with Crippen LogP contribution in [0.2, 0.25) is 0 Å². The molecule has 1 N–H and O–H groups in total. The number of nitrogens with one attached hydrogen (secondary N) is 1. The van der Waals surface area contributed by atoms with Crippen LogP contribution in [-0.2, 0) is 11.3 Å². The maximum Gasteiger partial charge on any atom is 0.230 e. The molecule has 6 nitrogen and oxygen atoms in total. The second-order valence-corrected chi connectivity index (χ2v) is 8.83. The van der Waals surface area contributed by atoms with Crippen molar-refractivity contribution in [2.24, 2.45) is 0 Å². The first-order valence-electron chi connectivity index (χ1n) is 8.23. The minimum absolute atomic E-state index is 0.0415. The summed E-state index contributed by atoms with van der Waals surface area (Å²) in [5.74, 6) is 2.65. The van der Waals surface area contributed by atoms with Crippen LogP contribution in [0.25, 0.3) is 0 Å². The molecule has 1 amide bonds. The van der Waals surface area contributed by atoms with Gasteiger partial charge in [-0.1, -0.05) is 54.3 Å². The van der Waals surface area contributed by atoms with Crippen LogP contribution >= 0.6 is 34.9 Å². The Morgan fingerprint density at radius 2 is 1.88 bits per heavy atom. The average molecular weight is 414 g/mol. The second-order valence-electron chi connectivity index (χ2n) is 5.29. The summed E-state index contributed by atoms with van der Waals surface area (Å²) in [5, 5.41) is 11.2. The number of hydrogen-bond donors (Lipinski definition) is 1. The topological polar surface area (TPSA) is 73.3 Å². The summed E-state index contributed by atoms with van der Waals surface area (Å²) in [6.07, 6.45) is 2.35. The average Bonchev–Trinajstić information content (AvgIpc) is 3.12. The van der Waals surface area contributed by atoms with Gasteiger partial charge in [0.1, 0.15) is 0 Å². The lowest BCUT2D eigenvalue weighted by atomic mass is 10.2. The molecule has 0 saturated heterocycles. The highest BCUT2D eigenvalue weighted by molar-refractivity contribution is 8.03. The number of carbonyl (C=O) groups excluding carboxylic acids is 1. The fraction of sp³-hybridized carbons (Fsp3) is 0.471.